The number of nitro benzene ring substituents is 1. The Morgan fingerprint density at radius 1 is 1.27 bits per heavy atom. The average molecular weight is 425 g/mol. The van der Waals surface area contributed by atoms with Gasteiger partial charge in [0.25, 0.3) is 5.69 Å². The molecule has 1 aliphatic rings. The minimum absolute atomic E-state index is 0.107. The first-order chi connectivity index (χ1) is 14.6. The maximum absolute atomic E-state index is 12.5. The zero-order valence-corrected chi connectivity index (χ0v) is 17.0. The number of anilines is 1. The molecule has 0 saturated heterocycles. The van der Waals surface area contributed by atoms with Crippen LogP contribution in [0.25, 0.3) is 5.69 Å². The van der Waals surface area contributed by atoms with Crippen molar-refractivity contribution < 1.29 is 14.5 Å². The Morgan fingerprint density at radius 2 is 2.03 bits per heavy atom. The molecule has 1 heterocycles. The molecule has 154 valence electrons. The lowest BCUT2D eigenvalue weighted by molar-refractivity contribution is -0.384. The Balaban J connectivity index is 1.48. The number of carbonyl (C=O) groups excluding carboxylic acids is 1. The van der Waals surface area contributed by atoms with Gasteiger partial charge in [0.05, 0.1) is 29.5 Å². The van der Waals surface area contributed by atoms with Crippen LogP contribution in [0.5, 0.6) is 5.75 Å². The van der Waals surface area contributed by atoms with Crippen LogP contribution in [0.15, 0.2) is 53.7 Å². The first-order valence-corrected chi connectivity index (χ1v) is 10.3. The second-order valence-corrected chi connectivity index (χ2v) is 7.71. The molecule has 1 amide bonds. The number of nitro groups is 1. The summed E-state index contributed by atoms with van der Waals surface area (Å²) in [6.07, 6.45) is 2.19. The lowest BCUT2D eigenvalue weighted by atomic mass is 10.2. The van der Waals surface area contributed by atoms with Gasteiger partial charge in [-0.05, 0) is 31.0 Å². The Bertz CT molecular complexity index is 1080. The average Bonchev–Trinajstić information content (AvgIpc) is 3.52. The third kappa shape index (κ3) is 4.28. The molecule has 0 aliphatic heterocycles. The van der Waals surface area contributed by atoms with E-state index >= 15 is 0 Å². The molecule has 0 spiro atoms. The number of hydrogen-bond acceptors (Lipinski definition) is 7. The van der Waals surface area contributed by atoms with Gasteiger partial charge in [-0.1, -0.05) is 30.0 Å². The maximum Gasteiger partial charge on any atom is 0.273 e. The minimum atomic E-state index is -0.516. The first kappa shape index (κ1) is 19.9. The predicted octanol–water partition coefficient (Wildman–Crippen LogP) is 3.79. The third-order valence-electron chi connectivity index (χ3n) is 4.62. The molecule has 10 heteroatoms. The topological polar surface area (TPSA) is 112 Å². The fraction of sp³-hybridized carbons (Fsp3) is 0.250. The number of nitrogens with zero attached hydrogens (tertiary/aromatic N) is 4. The number of hydrogen-bond donors (Lipinski definition) is 1. The lowest BCUT2D eigenvalue weighted by Gasteiger charge is -2.11. The van der Waals surface area contributed by atoms with E-state index in [4.69, 9.17) is 4.74 Å². The molecular weight excluding hydrogens is 406 g/mol. The largest absolute Gasteiger partial charge is 0.494 e. The molecule has 2 aromatic carbocycles. The third-order valence-corrected chi connectivity index (χ3v) is 5.55. The van der Waals surface area contributed by atoms with Gasteiger partial charge in [-0.3, -0.25) is 19.5 Å². The Kier molecular flexibility index (Phi) is 5.66. The van der Waals surface area contributed by atoms with E-state index in [2.05, 4.69) is 15.5 Å². The first-order valence-electron chi connectivity index (χ1n) is 9.32. The maximum atomic E-state index is 12.5. The Hall–Kier alpha value is -3.40. The quantitative estimate of drug-likeness (QED) is 0.332. The van der Waals surface area contributed by atoms with Crippen molar-refractivity contribution in [2.24, 2.45) is 0 Å². The van der Waals surface area contributed by atoms with Gasteiger partial charge in [0.1, 0.15) is 11.6 Å². The van der Waals surface area contributed by atoms with E-state index in [1.165, 1.54) is 37.1 Å². The van der Waals surface area contributed by atoms with E-state index in [0.29, 0.717) is 16.8 Å². The van der Waals surface area contributed by atoms with Crippen LogP contribution in [0.3, 0.4) is 0 Å². The van der Waals surface area contributed by atoms with Crippen LogP contribution in [-0.2, 0) is 4.79 Å². The molecule has 0 atom stereocenters. The van der Waals surface area contributed by atoms with Crippen molar-refractivity contribution in [3.63, 3.8) is 0 Å². The van der Waals surface area contributed by atoms with Gasteiger partial charge < -0.3 is 10.1 Å². The number of para-hydroxylation sites is 1. The summed E-state index contributed by atoms with van der Waals surface area (Å²) in [5, 5.41) is 22.9. The smallest absolute Gasteiger partial charge is 0.273 e. The lowest BCUT2D eigenvalue weighted by Crippen LogP contribution is -2.15. The summed E-state index contributed by atoms with van der Waals surface area (Å²) in [6, 6.07) is 13.9. The van der Waals surface area contributed by atoms with Crippen LogP contribution in [-0.4, -0.2) is 38.5 Å². The van der Waals surface area contributed by atoms with E-state index < -0.39 is 4.92 Å². The van der Waals surface area contributed by atoms with Crippen LogP contribution in [0.1, 0.15) is 24.6 Å². The van der Waals surface area contributed by atoms with E-state index in [0.717, 1.165) is 24.4 Å². The molecule has 1 aliphatic carbocycles. The minimum Gasteiger partial charge on any atom is -0.494 e. The summed E-state index contributed by atoms with van der Waals surface area (Å²) < 4.78 is 7.16. The van der Waals surface area contributed by atoms with Crippen molar-refractivity contribution in [3.8, 4) is 11.4 Å². The molecule has 30 heavy (non-hydrogen) atoms. The summed E-state index contributed by atoms with van der Waals surface area (Å²) in [4.78, 5) is 22.9. The molecule has 1 aromatic heterocycles. The Labute approximate surface area is 176 Å². The number of amides is 1. The second kappa shape index (κ2) is 8.54. The number of aromatic nitrogens is 3. The summed E-state index contributed by atoms with van der Waals surface area (Å²) in [5.74, 6) is 1.38. The van der Waals surface area contributed by atoms with Gasteiger partial charge in [0, 0.05) is 17.7 Å². The second-order valence-electron chi connectivity index (χ2n) is 6.76. The Morgan fingerprint density at radius 3 is 2.70 bits per heavy atom. The SMILES string of the molecule is COc1cc([N+](=O)[O-])ccc1NC(=O)CSc1nnc(C2CC2)n1-c1ccccc1. The molecule has 3 aromatic rings. The van der Waals surface area contributed by atoms with Crippen LogP contribution in [0.4, 0.5) is 11.4 Å². The number of benzene rings is 2. The summed E-state index contributed by atoms with van der Waals surface area (Å²) in [7, 11) is 1.39. The van der Waals surface area contributed by atoms with Crippen LogP contribution in [0.2, 0.25) is 0 Å². The van der Waals surface area contributed by atoms with Crippen LogP contribution < -0.4 is 10.1 Å². The number of non-ortho nitro benzene ring substituents is 1. The van der Waals surface area contributed by atoms with E-state index in [1.54, 1.807) is 0 Å². The summed E-state index contributed by atoms with van der Waals surface area (Å²) in [6.45, 7) is 0. The highest BCUT2D eigenvalue weighted by Crippen LogP contribution is 2.41. The van der Waals surface area contributed by atoms with Gasteiger partial charge in [0.15, 0.2) is 5.16 Å². The van der Waals surface area contributed by atoms with Gasteiger partial charge in [-0.2, -0.15) is 0 Å². The van der Waals surface area contributed by atoms with E-state index in [-0.39, 0.29) is 23.1 Å². The molecule has 9 nitrogen and oxygen atoms in total. The summed E-state index contributed by atoms with van der Waals surface area (Å²) in [5.41, 5.74) is 1.23. The van der Waals surface area contributed by atoms with Crippen molar-refractivity contribution in [1.82, 2.24) is 14.8 Å². The highest BCUT2D eigenvalue weighted by atomic mass is 32.2. The molecular formula is C20H19N5O4S. The van der Waals surface area contributed by atoms with Gasteiger partial charge in [-0.15, -0.1) is 10.2 Å². The number of carbonyl (C=O) groups is 1. The monoisotopic (exact) mass is 425 g/mol. The standard InChI is InChI=1S/C20H19N5O4S/c1-29-17-11-15(25(27)28)9-10-16(17)21-18(26)12-30-20-23-22-19(13-7-8-13)24(20)14-5-3-2-4-6-14/h2-6,9-11,13H,7-8,12H2,1H3,(H,21,26). The molecule has 0 unspecified atom stereocenters. The normalized spacial score (nSPS) is 13.1. The highest BCUT2D eigenvalue weighted by molar-refractivity contribution is 7.99. The van der Waals surface area contributed by atoms with Crippen molar-refractivity contribution >= 4 is 29.0 Å². The summed E-state index contributed by atoms with van der Waals surface area (Å²) >= 11 is 1.29. The molecule has 4 rings (SSSR count). The molecule has 1 fully saturated rings. The molecule has 0 bridgehead atoms. The molecule has 1 saturated carbocycles. The fourth-order valence-electron chi connectivity index (χ4n) is 3.01. The number of ether oxygens (including phenoxy) is 1. The van der Waals surface area contributed by atoms with Crippen molar-refractivity contribution in [1.29, 1.82) is 0 Å². The van der Waals surface area contributed by atoms with Crippen LogP contribution in [0, 0.1) is 10.1 Å². The zero-order valence-electron chi connectivity index (χ0n) is 16.1. The highest BCUT2D eigenvalue weighted by Gasteiger charge is 2.31. The zero-order chi connectivity index (χ0) is 21.1. The van der Waals surface area contributed by atoms with E-state index in [1.807, 2.05) is 34.9 Å². The number of thioether (sulfide) groups is 1. The van der Waals surface area contributed by atoms with Gasteiger partial charge >= 0.3 is 0 Å². The number of methoxy groups -OCH3 is 1. The van der Waals surface area contributed by atoms with E-state index in [9.17, 15) is 14.9 Å². The van der Waals surface area contributed by atoms with Gasteiger partial charge in [-0.25, -0.2) is 0 Å². The van der Waals surface area contributed by atoms with Crippen LogP contribution >= 0.6 is 11.8 Å². The molecule has 1 N–H and O–H groups in total. The fourth-order valence-corrected chi connectivity index (χ4v) is 3.77. The van der Waals surface area contributed by atoms with Gasteiger partial charge in [0.2, 0.25) is 5.91 Å². The number of rotatable bonds is 8. The van der Waals surface area contributed by atoms with Crippen molar-refractivity contribution in [2.45, 2.75) is 23.9 Å². The number of nitrogens with one attached hydrogen (secondary N) is 1. The van der Waals surface area contributed by atoms with Crippen molar-refractivity contribution in [3.05, 3.63) is 64.5 Å². The molecule has 0 radical (unpaired) electrons. The van der Waals surface area contributed by atoms with Crippen molar-refractivity contribution in [2.75, 3.05) is 18.2 Å². The predicted molar refractivity (Wildman–Crippen MR) is 112 cm³/mol.